The van der Waals surface area contributed by atoms with Gasteiger partial charge in [0.05, 0.1) is 21.3 Å². The third-order valence-corrected chi connectivity index (χ3v) is 3.48. The molecule has 1 heterocycles. The van der Waals surface area contributed by atoms with E-state index in [-0.39, 0.29) is 40.2 Å². The van der Waals surface area contributed by atoms with Crippen LogP contribution in [0.1, 0.15) is 16.8 Å². The molecular weight excluding hydrogens is 291 g/mol. The van der Waals surface area contributed by atoms with Crippen molar-refractivity contribution >= 4 is 46.5 Å². The fourth-order valence-electron chi connectivity index (χ4n) is 1.90. The summed E-state index contributed by atoms with van der Waals surface area (Å²) in [7, 11) is 1.50. The number of amides is 2. The maximum absolute atomic E-state index is 11.9. The van der Waals surface area contributed by atoms with E-state index in [1.54, 1.807) is 0 Å². The lowest BCUT2D eigenvalue weighted by molar-refractivity contribution is -0.120. The van der Waals surface area contributed by atoms with Crippen LogP contribution in [0.4, 0.5) is 5.69 Å². The van der Waals surface area contributed by atoms with Crippen LogP contribution in [0.15, 0.2) is 12.1 Å². The summed E-state index contributed by atoms with van der Waals surface area (Å²) in [4.78, 5) is 36.2. The molecule has 0 unspecified atom stereocenters. The summed E-state index contributed by atoms with van der Waals surface area (Å²) in [6.45, 7) is 0.0807. The Hall–Kier alpha value is -1.59. The molecule has 0 radical (unpaired) electrons. The van der Waals surface area contributed by atoms with Gasteiger partial charge in [0.15, 0.2) is 0 Å². The number of benzene rings is 1. The number of hydrogen-bond acceptors (Lipinski definition) is 3. The van der Waals surface area contributed by atoms with E-state index in [2.05, 4.69) is 5.32 Å². The summed E-state index contributed by atoms with van der Waals surface area (Å²) in [6.07, 6.45) is 0.0812. The Morgan fingerprint density at radius 2 is 1.89 bits per heavy atom. The van der Waals surface area contributed by atoms with Crippen LogP contribution in [0, 0.1) is 0 Å². The van der Waals surface area contributed by atoms with Gasteiger partial charge in [0, 0.05) is 20.0 Å². The molecule has 7 heteroatoms. The second-order valence-corrected chi connectivity index (χ2v) is 4.78. The van der Waals surface area contributed by atoms with Gasteiger partial charge in [-0.1, -0.05) is 23.2 Å². The van der Waals surface area contributed by atoms with E-state index in [4.69, 9.17) is 23.2 Å². The van der Waals surface area contributed by atoms with Gasteiger partial charge in [-0.2, -0.15) is 0 Å². The van der Waals surface area contributed by atoms with E-state index in [9.17, 15) is 14.4 Å². The molecule has 2 rings (SSSR count). The summed E-state index contributed by atoms with van der Waals surface area (Å²) in [5, 5.41) is 2.88. The van der Waals surface area contributed by atoms with E-state index in [1.165, 1.54) is 24.1 Å². The quantitative estimate of drug-likeness (QED) is 0.863. The first-order valence-electron chi connectivity index (χ1n) is 5.52. The first kappa shape index (κ1) is 13.8. The van der Waals surface area contributed by atoms with Crippen LogP contribution in [-0.2, 0) is 9.59 Å². The predicted molar refractivity (Wildman–Crippen MR) is 71.8 cm³/mol. The molecule has 1 aromatic rings. The molecular formula is C12H10Cl2N2O3. The van der Waals surface area contributed by atoms with Gasteiger partial charge in [-0.05, 0) is 12.1 Å². The number of nitrogens with one attached hydrogen (secondary N) is 1. The molecule has 1 aliphatic heterocycles. The molecule has 0 bridgehead atoms. The van der Waals surface area contributed by atoms with E-state index in [0.29, 0.717) is 0 Å². The molecule has 100 valence electrons. The zero-order valence-corrected chi connectivity index (χ0v) is 11.5. The summed E-state index contributed by atoms with van der Waals surface area (Å²) in [6, 6.07) is 2.98. The van der Waals surface area contributed by atoms with E-state index in [1.807, 2.05) is 0 Å². The van der Waals surface area contributed by atoms with Gasteiger partial charge in [-0.25, -0.2) is 0 Å². The van der Waals surface area contributed by atoms with Gasteiger partial charge in [0.1, 0.15) is 0 Å². The fraction of sp³-hybridized carbons (Fsp3) is 0.250. The standard InChI is InChI=1S/C12H10Cl2N2O3/c1-15-8(17)4-5-16-10-7(14)3-2-6(13)9(10)11(18)12(16)19/h2-3H,4-5H2,1H3,(H,15,17). The minimum absolute atomic E-state index is 0.0807. The van der Waals surface area contributed by atoms with Crippen LogP contribution >= 0.6 is 23.2 Å². The SMILES string of the molecule is CNC(=O)CCN1C(=O)C(=O)c2c(Cl)ccc(Cl)c21. The molecule has 1 aromatic carbocycles. The smallest absolute Gasteiger partial charge is 0.299 e. The van der Waals surface area contributed by atoms with Crippen molar-refractivity contribution < 1.29 is 14.4 Å². The lowest BCUT2D eigenvalue weighted by Gasteiger charge is -2.17. The van der Waals surface area contributed by atoms with Crippen molar-refractivity contribution in [3.8, 4) is 0 Å². The monoisotopic (exact) mass is 300 g/mol. The Labute approximate surface area is 119 Å². The van der Waals surface area contributed by atoms with Crippen molar-refractivity contribution in [2.45, 2.75) is 6.42 Å². The van der Waals surface area contributed by atoms with Crippen LogP contribution in [0.5, 0.6) is 0 Å². The molecule has 0 aromatic heterocycles. The zero-order chi connectivity index (χ0) is 14.2. The van der Waals surface area contributed by atoms with E-state index < -0.39 is 11.7 Å². The van der Waals surface area contributed by atoms with Crippen molar-refractivity contribution in [1.29, 1.82) is 0 Å². The van der Waals surface area contributed by atoms with E-state index in [0.717, 1.165) is 0 Å². The number of carbonyl (C=O) groups is 3. The highest BCUT2D eigenvalue weighted by Gasteiger charge is 2.39. The average molecular weight is 301 g/mol. The molecule has 0 saturated carbocycles. The van der Waals surface area contributed by atoms with Crippen molar-refractivity contribution in [3.05, 3.63) is 27.7 Å². The molecule has 0 spiro atoms. The second kappa shape index (κ2) is 5.19. The third kappa shape index (κ3) is 2.31. The average Bonchev–Trinajstić information content (AvgIpc) is 2.65. The Morgan fingerprint density at radius 1 is 1.26 bits per heavy atom. The second-order valence-electron chi connectivity index (χ2n) is 3.96. The van der Waals surface area contributed by atoms with Crippen molar-refractivity contribution in [2.75, 3.05) is 18.5 Å². The third-order valence-electron chi connectivity index (χ3n) is 2.86. The van der Waals surface area contributed by atoms with Gasteiger partial charge in [0.25, 0.3) is 11.7 Å². The Bertz CT molecular complexity index is 587. The summed E-state index contributed by atoms with van der Waals surface area (Å²) in [5.41, 5.74) is 0.393. The van der Waals surface area contributed by atoms with Crippen LogP contribution < -0.4 is 10.2 Å². The van der Waals surface area contributed by atoms with Gasteiger partial charge < -0.3 is 10.2 Å². The van der Waals surface area contributed by atoms with Crippen molar-refractivity contribution in [1.82, 2.24) is 5.32 Å². The van der Waals surface area contributed by atoms with Crippen LogP contribution in [0.3, 0.4) is 0 Å². The first-order chi connectivity index (χ1) is 8.97. The highest BCUT2D eigenvalue weighted by atomic mass is 35.5. The van der Waals surface area contributed by atoms with Gasteiger partial charge in [-0.3, -0.25) is 14.4 Å². The topological polar surface area (TPSA) is 66.5 Å². The summed E-state index contributed by atoms with van der Waals surface area (Å²) in [5.74, 6) is -1.64. The molecule has 5 nitrogen and oxygen atoms in total. The molecule has 19 heavy (non-hydrogen) atoms. The van der Waals surface area contributed by atoms with Gasteiger partial charge in [0.2, 0.25) is 5.91 Å². The van der Waals surface area contributed by atoms with Gasteiger partial charge >= 0.3 is 0 Å². The number of rotatable bonds is 3. The molecule has 0 atom stereocenters. The maximum atomic E-state index is 11.9. The number of halogens is 2. The maximum Gasteiger partial charge on any atom is 0.299 e. The molecule has 2 amide bonds. The normalized spacial score (nSPS) is 13.7. The van der Waals surface area contributed by atoms with Crippen LogP contribution in [-0.4, -0.2) is 31.2 Å². The first-order valence-corrected chi connectivity index (χ1v) is 6.27. The van der Waals surface area contributed by atoms with Crippen LogP contribution in [0.2, 0.25) is 10.0 Å². The lowest BCUT2D eigenvalue weighted by atomic mass is 10.1. The minimum atomic E-state index is -0.714. The lowest BCUT2D eigenvalue weighted by Crippen LogP contribution is -2.33. The Kier molecular flexibility index (Phi) is 3.78. The predicted octanol–water partition coefficient (Wildman–Crippen LogP) is 1.66. The van der Waals surface area contributed by atoms with Crippen molar-refractivity contribution in [2.24, 2.45) is 0 Å². The fourth-order valence-corrected chi connectivity index (χ4v) is 2.40. The highest BCUT2D eigenvalue weighted by Crippen LogP contribution is 2.39. The molecule has 0 fully saturated rings. The number of Topliss-reactive ketones (excluding diaryl/α,β-unsaturated/α-hetero) is 1. The Balaban J connectivity index is 2.39. The molecule has 1 N–H and O–H groups in total. The largest absolute Gasteiger partial charge is 0.359 e. The van der Waals surface area contributed by atoms with Crippen LogP contribution in [0.25, 0.3) is 0 Å². The number of nitrogens with zero attached hydrogens (tertiary/aromatic N) is 1. The number of ketones is 1. The zero-order valence-electron chi connectivity index (χ0n) is 10.00. The highest BCUT2D eigenvalue weighted by molar-refractivity contribution is 6.57. The van der Waals surface area contributed by atoms with E-state index >= 15 is 0 Å². The molecule has 0 aliphatic carbocycles. The number of fused-ring (bicyclic) bond motifs is 1. The minimum Gasteiger partial charge on any atom is -0.359 e. The summed E-state index contributed by atoms with van der Waals surface area (Å²) < 4.78 is 0. The summed E-state index contributed by atoms with van der Waals surface area (Å²) >= 11 is 11.9. The number of hydrogen-bond donors (Lipinski definition) is 1. The van der Waals surface area contributed by atoms with Crippen molar-refractivity contribution in [3.63, 3.8) is 0 Å². The Morgan fingerprint density at radius 3 is 2.53 bits per heavy atom. The molecule has 1 aliphatic rings. The molecule has 0 saturated heterocycles. The number of anilines is 1. The number of carbonyl (C=O) groups excluding carboxylic acids is 3. The van der Waals surface area contributed by atoms with Gasteiger partial charge in [-0.15, -0.1) is 0 Å².